The molecule has 0 atom stereocenters. The van der Waals surface area contributed by atoms with Crippen LogP contribution in [0.2, 0.25) is 0 Å². The number of hydrogen-bond donors (Lipinski definition) is 2. The SMILES string of the molecule is O=C(Nc1nc(C(=O)NC2CCCCC2)cs1)c1cc(F)cc(F)c1. The Balaban J connectivity index is 1.62. The van der Waals surface area contributed by atoms with Gasteiger partial charge in [0.25, 0.3) is 11.8 Å². The molecule has 2 amide bonds. The first-order valence-electron chi connectivity index (χ1n) is 8.05. The van der Waals surface area contributed by atoms with Gasteiger partial charge in [0.05, 0.1) is 0 Å². The Morgan fingerprint density at radius 1 is 1.04 bits per heavy atom. The molecule has 2 N–H and O–H groups in total. The van der Waals surface area contributed by atoms with Crippen molar-refractivity contribution in [2.24, 2.45) is 0 Å². The zero-order chi connectivity index (χ0) is 17.8. The van der Waals surface area contributed by atoms with Gasteiger partial charge in [0.15, 0.2) is 5.13 Å². The summed E-state index contributed by atoms with van der Waals surface area (Å²) in [5.41, 5.74) is 0.0669. The van der Waals surface area contributed by atoms with Crippen LogP contribution in [0.3, 0.4) is 0 Å². The summed E-state index contributed by atoms with van der Waals surface area (Å²) in [5.74, 6) is -2.64. The number of aromatic nitrogens is 1. The summed E-state index contributed by atoms with van der Waals surface area (Å²) in [6, 6.07) is 2.72. The molecule has 0 spiro atoms. The molecule has 1 aliphatic carbocycles. The molecule has 5 nitrogen and oxygen atoms in total. The van der Waals surface area contributed by atoms with E-state index >= 15 is 0 Å². The second-order valence-corrected chi connectivity index (χ2v) is 6.82. The van der Waals surface area contributed by atoms with Crippen LogP contribution in [-0.2, 0) is 0 Å². The van der Waals surface area contributed by atoms with Crippen LogP contribution in [0.25, 0.3) is 0 Å². The van der Waals surface area contributed by atoms with E-state index in [1.165, 1.54) is 6.42 Å². The summed E-state index contributed by atoms with van der Waals surface area (Å²) in [7, 11) is 0. The van der Waals surface area contributed by atoms with Crippen molar-refractivity contribution in [1.82, 2.24) is 10.3 Å². The lowest BCUT2D eigenvalue weighted by Crippen LogP contribution is -2.36. The highest BCUT2D eigenvalue weighted by Crippen LogP contribution is 2.20. The van der Waals surface area contributed by atoms with E-state index in [1.807, 2.05) is 0 Å². The van der Waals surface area contributed by atoms with Crippen LogP contribution < -0.4 is 10.6 Å². The topological polar surface area (TPSA) is 71.1 Å². The van der Waals surface area contributed by atoms with Crippen LogP contribution in [0, 0.1) is 11.6 Å². The molecule has 0 aliphatic heterocycles. The summed E-state index contributed by atoms with van der Waals surface area (Å²) < 4.78 is 26.3. The third-order valence-corrected chi connectivity index (χ3v) is 4.78. The smallest absolute Gasteiger partial charge is 0.271 e. The zero-order valence-electron chi connectivity index (χ0n) is 13.4. The van der Waals surface area contributed by atoms with E-state index < -0.39 is 17.5 Å². The Kier molecular flexibility index (Phi) is 5.37. The number of thiazole rings is 1. The van der Waals surface area contributed by atoms with E-state index in [4.69, 9.17) is 0 Å². The molecule has 0 radical (unpaired) electrons. The van der Waals surface area contributed by atoms with Crippen LogP contribution in [0.5, 0.6) is 0 Å². The van der Waals surface area contributed by atoms with E-state index in [-0.39, 0.29) is 28.3 Å². The van der Waals surface area contributed by atoms with Crippen LogP contribution in [0.15, 0.2) is 23.6 Å². The summed E-state index contributed by atoms with van der Waals surface area (Å²) in [5, 5.41) is 7.13. The minimum Gasteiger partial charge on any atom is -0.348 e. The van der Waals surface area contributed by atoms with Gasteiger partial charge in [-0.2, -0.15) is 0 Å². The van der Waals surface area contributed by atoms with Crippen molar-refractivity contribution in [2.45, 2.75) is 38.1 Å². The fraction of sp³-hybridized carbons (Fsp3) is 0.353. The molecule has 1 saturated carbocycles. The maximum absolute atomic E-state index is 13.2. The van der Waals surface area contributed by atoms with Crippen molar-refractivity contribution in [2.75, 3.05) is 5.32 Å². The number of nitrogens with zero attached hydrogens (tertiary/aromatic N) is 1. The molecule has 132 valence electrons. The van der Waals surface area contributed by atoms with Gasteiger partial charge in [-0.3, -0.25) is 14.9 Å². The molecule has 3 rings (SSSR count). The molecular formula is C17H17F2N3O2S. The van der Waals surface area contributed by atoms with Gasteiger partial charge in [-0.25, -0.2) is 13.8 Å². The van der Waals surface area contributed by atoms with Crippen LogP contribution in [0.1, 0.15) is 53.0 Å². The minimum absolute atomic E-state index is 0.152. The molecule has 0 saturated heterocycles. The largest absolute Gasteiger partial charge is 0.348 e. The number of carbonyl (C=O) groups excluding carboxylic acids is 2. The molecule has 0 bridgehead atoms. The van der Waals surface area contributed by atoms with Gasteiger partial charge in [-0.15, -0.1) is 11.3 Å². The summed E-state index contributed by atoms with van der Waals surface area (Å²) >= 11 is 1.08. The van der Waals surface area contributed by atoms with Crippen molar-refractivity contribution in [1.29, 1.82) is 0 Å². The van der Waals surface area contributed by atoms with Gasteiger partial charge >= 0.3 is 0 Å². The zero-order valence-corrected chi connectivity index (χ0v) is 14.2. The Morgan fingerprint density at radius 3 is 2.40 bits per heavy atom. The normalized spacial score (nSPS) is 15.0. The standard InChI is InChI=1S/C17H17F2N3O2S/c18-11-6-10(7-12(19)8-11)15(23)22-17-21-14(9-25-17)16(24)20-13-4-2-1-3-5-13/h6-9,13H,1-5H2,(H,20,24)(H,21,22,23). The molecule has 1 heterocycles. The predicted molar refractivity (Wildman–Crippen MR) is 90.8 cm³/mol. The highest BCUT2D eigenvalue weighted by Gasteiger charge is 2.19. The van der Waals surface area contributed by atoms with Crippen molar-refractivity contribution >= 4 is 28.3 Å². The van der Waals surface area contributed by atoms with E-state index in [2.05, 4.69) is 15.6 Å². The van der Waals surface area contributed by atoms with Crippen LogP contribution >= 0.6 is 11.3 Å². The van der Waals surface area contributed by atoms with Gasteiger partial charge in [-0.1, -0.05) is 19.3 Å². The Bertz CT molecular complexity index is 768. The first kappa shape index (κ1) is 17.5. The first-order valence-corrected chi connectivity index (χ1v) is 8.93. The van der Waals surface area contributed by atoms with Gasteiger partial charge in [0.2, 0.25) is 0 Å². The van der Waals surface area contributed by atoms with Crippen molar-refractivity contribution in [3.63, 3.8) is 0 Å². The van der Waals surface area contributed by atoms with Gasteiger partial charge in [-0.05, 0) is 25.0 Å². The minimum atomic E-state index is -0.836. The third kappa shape index (κ3) is 4.60. The first-order chi connectivity index (χ1) is 12.0. The number of benzene rings is 1. The highest BCUT2D eigenvalue weighted by atomic mass is 32.1. The number of anilines is 1. The summed E-state index contributed by atoms with van der Waals surface area (Å²) in [4.78, 5) is 28.3. The Morgan fingerprint density at radius 2 is 1.72 bits per heavy atom. The molecule has 1 aromatic heterocycles. The maximum Gasteiger partial charge on any atom is 0.271 e. The number of rotatable bonds is 4. The molecule has 0 unspecified atom stereocenters. The third-order valence-electron chi connectivity index (χ3n) is 4.02. The molecule has 1 aromatic carbocycles. The second-order valence-electron chi connectivity index (χ2n) is 5.96. The number of halogens is 2. The van der Waals surface area contributed by atoms with E-state index in [0.29, 0.717) is 6.07 Å². The Labute approximate surface area is 147 Å². The van der Waals surface area contributed by atoms with E-state index in [1.54, 1.807) is 5.38 Å². The lowest BCUT2D eigenvalue weighted by atomic mass is 9.95. The highest BCUT2D eigenvalue weighted by molar-refractivity contribution is 7.14. The van der Waals surface area contributed by atoms with Crippen molar-refractivity contribution in [3.8, 4) is 0 Å². The summed E-state index contributed by atoms with van der Waals surface area (Å²) in [6.07, 6.45) is 5.33. The molecule has 1 aliphatic rings. The number of nitrogens with one attached hydrogen (secondary N) is 2. The molecule has 1 fully saturated rings. The van der Waals surface area contributed by atoms with Gasteiger partial charge in [0, 0.05) is 23.1 Å². The molecule has 2 aromatic rings. The molecule has 25 heavy (non-hydrogen) atoms. The lowest BCUT2D eigenvalue weighted by Gasteiger charge is -2.22. The average Bonchev–Trinajstić information content (AvgIpc) is 3.03. The number of hydrogen-bond acceptors (Lipinski definition) is 4. The van der Waals surface area contributed by atoms with Crippen LogP contribution in [-0.4, -0.2) is 22.8 Å². The van der Waals surface area contributed by atoms with Gasteiger partial charge < -0.3 is 5.32 Å². The van der Waals surface area contributed by atoms with Crippen molar-refractivity contribution in [3.05, 3.63) is 46.5 Å². The second kappa shape index (κ2) is 7.69. The number of carbonyl (C=O) groups is 2. The fourth-order valence-corrected chi connectivity index (χ4v) is 3.48. The lowest BCUT2D eigenvalue weighted by molar-refractivity contribution is 0.0922. The van der Waals surface area contributed by atoms with E-state index in [9.17, 15) is 18.4 Å². The molecule has 8 heteroatoms. The fourth-order valence-electron chi connectivity index (χ4n) is 2.80. The van der Waals surface area contributed by atoms with Gasteiger partial charge in [0.1, 0.15) is 17.3 Å². The number of amides is 2. The molecular weight excluding hydrogens is 348 g/mol. The average molecular weight is 365 g/mol. The predicted octanol–water partition coefficient (Wildman–Crippen LogP) is 3.74. The van der Waals surface area contributed by atoms with Crippen molar-refractivity contribution < 1.29 is 18.4 Å². The monoisotopic (exact) mass is 365 g/mol. The summed E-state index contributed by atoms with van der Waals surface area (Å²) in [6.45, 7) is 0. The van der Waals surface area contributed by atoms with E-state index in [0.717, 1.165) is 49.2 Å². The van der Waals surface area contributed by atoms with Crippen LogP contribution in [0.4, 0.5) is 13.9 Å². The Hall–Kier alpha value is -2.35. The quantitative estimate of drug-likeness (QED) is 0.867. The maximum atomic E-state index is 13.2.